The van der Waals surface area contributed by atoms with Gasteiger partial charge >= 0.3 is 17.8 Å². The van der Waals surface area contributed by atoms with Crippen LogP contribution in [0.2, 0.25) is 0 Å². The molecule has 3 rings (SSSR count). The summed E-state index contributed by atoms with van der Waals surface area (Å²) in [5, 5.41) is 17.0. The Hall–Kier alpha value is -3.10. The van der Waals surface area contributed by atoms with Crippen LogP contribution in [-0.4, -0.2) is 63.9 Å². The Kier molecular flexibility index (Phi) is 7.71. The van der Waals surface area contributed by atoms with Crippen LogP contribution < -0.4 is 10.5 Å². The van der Waals surface area contributed by atoms with Crippen LogP contribution in [0.4, 0.5) is 0 Å². The van der Waals surface area contributed by atoms with Crippen LogP contribution in [0.1, 0.15) is 57.4 Å². The Morgan fingerprint density at radius 3 is 2.41 bits per heavy atom. The number of nitrogens with two attached hydrogens (primary N) is 1. The Morgan fingerprint density at radius 1 is 1.19 bits per heavy atom. The third-order valence-electron chi connectivity index (χ3n) is 6.29. The minimum atomic E-state index is -0.978. The van der Waals surface area contributed by atoms with Crippen LogP contribution in [0, 0.1) is 11.3 Å². The number of hydrogen-bond donors (Lipinski definition) is 3. The topological polar surface area (TPSA) is 137 Å². The summed E-state index contributed by atoms with van der Waals surface area (Å²) in [5.41, 5.74) is 6.06. The lowest BCUT2D eigenvalue weighted by Gasteiger charge is -2.45. The summed E-state index contributed by atoms with van der Waals surface area (Å²) in [4.78, 5) is 40.5. The van der Waals surface area contributed by atoms with Crippen molar-refractivity contribution < 1.29 is 24.2 Å². The third kappa shape index (κ3) is 5.38. The normalized spacial score (nSPS) is 20.8. The van der Waals surface area contributed by atoms with E-state index >= 15 is 0 Å². The van der Waals surface area contributed by atoms with Gasteiger partial charge in [-0.1, -0.05) is 26.2 Å². The van der Waals surface area contributed by atoms with Gasteiger partial charge in [0.25, 0.3) is 0 Å². The number of rotatable bonds is 9. The highest BCUT2D eigenvalue weighted by Gasteiger charge is 2.45. The first-order valence-electron chi connectivity index (χ1n) is 11.3. The molecule has 1 heterocycles. The fraction of sp³-hybridized carbons (Fsp3) is 0.565. The summed E-state index contributed by atoms with van der Waals surface area (Å²) >= 11 is 0. The van der Waals surface area contributed by atoms with Gasteiger partial charge in [0.1, 0.15) is 11.6 Å². The van der Waals surface area contributed by atoms with E-state index in [1.54, 1.807) is 24.3 Å². The predicted molar refractivity (Wildman–Crippen MR) is 118 cm³/mol. The second-order valence-electron chi connectivity index (χ2n) is 8.53. The number of ether oxygens (including phenoxy) is 1. The minimum Gasteiger partial charge on any atom is -0.481 e. The number of nitrogens with zero attached hydrogens (tertiary/aromatic N) is 2. The lowest BCUT2D eigenvalue weighted by molar-refractivity contribution is -0.171. The number of amidine groups is 1. The van der Waals surface area contributed by atoms with Crippen molar-refractivity contribution in [2.24, 2.45) is 11.7 Å². The first-order valence-corrected chi connectivity index (χ1v) is 11.3. The van der Waals surface area contributed by atoms with E-state index in [1.165, 1.54) is 9.80 Å². The highest BCUT2D eigenvalue weighted by molar-refractivity contribution is 6.35. The van der Waals surface area contributed by atoms with Crippen molar-refractivity contribution in [3.8, 4) is 5.75 Å². The van der Waals surface area contributed by atoms with Crippen LogP contribution in [0.3, 0.4) is 0 Å². The predicted octanol–water partition coefficient (Wildman–Crippen LogP) is 2.18. The number of carbonyl (C=O) groups is 3. The van der Waals surface area contributed by atoms with E-state index in [2.05, 4.69) is 0 Å². The van der Waals surface area contributed by atoms with E-state index in [1.807, 2.05) is 6.92 Å². The van der Waals surface area contributed by atoms with E-state index in [-0.39, 0.29) is 24.7 Å². The number of carbonyl (C=O) groups excluding carboxylic acids is 2. The van der Waals surface area contributed by atoms with Gasteiger partial charge in [-0.2, -0.15) is 0 Å². The fourth-order valence-corrected chi connectivity index (χ4v) is 4.70. The van der Waals surface area contributed by atoms with Crippen LogP contribution in [-0.2, 0) is 14.4 Å². The van der Waals surface area contributed by atoms with Gasteiger partial charge in [0.2, 0.25) is 0 Å². The fourth-order valence-electron chi connectivity index (χ4n) is 4.70. The second kappa shape index (κ2) is 10.5. The summed E-state index contributed by atoms with van der Waals surface area (Å²) in [7, 11) is 0. The van der Waals surface area contributed by atoms with Crippen molar-refractivity contribution in [2.75, 3.05) is 13.1 Å². The number of piperazine rings is 1. The van der Waals surface area contributed by atoms with Crippen molar-refractivity contribution in [1.82, 2.24) is 9.80 Å². The monoisotopic (exact) mass is 444 g/mol. The zero-order valence-electron chi connectivity index (χ0n) is 18.5. The van der Waals surface area contributed by atoms with E-state index in [4.69, 9.17) is 15.9 Å². The summed E-state index contributed by atoms with van der Waals surface area (Å²) in [6.45, 7) is 2.40. The standard InChI is InChI=1S/C23H32N4O5/c1-2-12-26-19(32-17-10-8-16(9-11-17)21(24)25)14-27(23(31)22(26)30)18(13-20(28)29)15-6-4-3-5-7-15/h8-11,15,18-19H,2-7,12-14H2,1H3,(H3,24,25)(H,28,29). The van der Waals surface area contributed by atoms with Gasteiger partial charge in [-0.25, -0.2) is 0 Å². The van der Waals surface area contributed by atoms with Crippen molar-refractivity contribution in [2.45, 2.75) is 64.1 Å². The molecule has 1 aliphatic heterocycles. The molecule has 1 saturated heterocycles. The summed E-state index contributed by atoms with van der Waals surface area (Å²) < 4.78 is 6.10. The Balaban J connectivity index is 1.86. The van der Waals surface area contributed by atoms with Gasteiger partial charge in [0.15, 0.2) is 6.23 Å². The SMILES string of the molecule is CCCN1C(=O)C(=O)N(C(CC(=O)O)C2CCCCC2)CC1Oc1ccc(C(=N)N)cc1. The number of aliphatic carboxylic acids is 1. The van der Waals surface area contributed by atoms with Gasteiger partial charge in [0.05, 0.1) is 13.0 Å². The van der Waals surface area contributed by atoms with Crippen LogP contribution >= 0.6 is 0 Å². The van der Waals surface area contributed by atoms with E-state index in [9.17, 15) is 19.5 Å². The molecule has 32 heavy (non-hydrogen) atoms. The molecule has 2 amide bonds. The Bertz CT molecular complexity index is 850. The maximum Gasteiger partial charge on any atom is 0.315 e. The lowest BCUT2D eigenvalue weighted by Crippen LogP contribution is -2.64. The lowest BCUT2D eigenvalue weighted by atomic mass is 9.81. The number of carboxylic acid groups (broad SMARTS) is 1. The van der Waals surface area contributed by atoms with Crippen molar-refractivity contribution in [3.05, 3.63) is 29.8 Å². The molecule has 1 aliphatic carbocycles. The van der Waals surface area contributed by atoms with Gasteiger partial charge in [-0.05, 0) is 49.4 Å². The molecule has 2 fully saturated rings. The van der Waals surface area contributed by atoms with Crippen molar-refractivity contribution in [1.29, 1.82) is 5.41 Å². The van der Waals surface area contributed by atoms with E-state index in [0.717, 1.165) is 32.1 Å². The molecule has 4 N–H and O–H groups in total. The highest BCUT2D eigenvalue weighted by atomic mass is 16.5. The third-order valence-corrected chi connectivity index (χ3v) is 6.29. The largest absolute Gasteiger partial charge is 0.481 e. The van der Waals surface area contributed by atoms with Gasteiger partial charge < -0.3 is 20.5 Å². The first kappa shape index (κ1) is 23.6. The van der Waals surface area contributed by atoms with E-state index in [0.29, 0.717) is 24.3 Å². The van der Waals surface area contributed by atoms with Crippen molar-refractivity contribution >= 4 is 23.6 Å². The number of amides is 2. The average molecular weight is 445 g/mol. The van der Waals surface area contributed by atoms with Gasteiger partial charge in [0, 0.05) is 18.2 Å². The summed E-state index contributed by atoms with van der Waals surface area (Å²) in [6.07, 6.45) is 4.57. The molecule has 2 atom stereocenters. The molecule has 174 valence electrons. The van der Waals surface area contributed by atoms with Crippen LogP contribution in [0.15, 0.2) is 24.3 Å². The maximum atomic E-state index is 13.0. The number of nitrogens with one attached hydrogen (secondary N) is 1. The molecule has 9 heteroatoms. The van der Waals surface area contributed by atoms with Crippen LogP contribution in [0.25, 0.3) is 0 Å². The van der Waals surface area contributed by atoms with Crippen LogP contribution in [0.5, 0.6) is 5.75 Å². The Morgan fingerprint density at radius 2 is 1.84 bits per heavy atom. The maximum absolute atomic E-state index is 13.0. The number of carboxylic acids is 1. The van der Waals surface area contributed by atoms with Gasteiger partial charge in [-0.15, -0.1) is 0 Å². The molecule has 2 unspecified atom stereocenters. The molecular formula is C23H32N4O5. The minimum absolute atomic E-state index is 0.0576. The molecule has 0 radical (unpaired) electrons. The summed E-state index contributed by atoms with van der Waals surface area (Å²) in [5.74, 6) is -1.80. The first-order chi connectivity index (χ1) is 15.3. The number of hydrogen-bond acceptors (Lipinski definition) is 5. The zero-order chi connectivity index (χ0) is 23.3. The second-order valence-corrected chi connectivity index (χ2v) is 8.53. The zero-order valence-corrected chi connectivity index (χ0v) is 18.5. The number of benzene rings is 1. The molecule has 1 saturated carbocycles. The number of nitrogen functional groups attached to an aromatic ring is 1. The Labute approximate surface area is 188 Å². The van der Waals surface area contributed by atoms with Gasteiger partial charge in [-0.3, -0.25) is 24.7 Å². The molecule has 2 aliphatic rings. The van der Waals surface area contributed by atoms with E-state index < -0.39 is 30.1 Å². The molecule has 1 aromatic rings. The quantitative estimate of drug-likeness (QED) is 0.303. The highest BCUT2D eigenvalue weighted by Crippen LogP contribution is 2.33. The molecule has 0 spiro atoms. The molecule has 0 bridgehead atoms. The molecular weight excluding hydrogens is 412 g/mol. The average Bonchev–Trinajstić information content (AvgIpc) is 2.78. The van der Waals surface area contributed by atoms with Crippen molar-refractivity contribution in [3.63, 3.8) is 0 Å². The summed E-state index contributed by atoms with van der Waals surface area (Å²) in [6, 6.07) is 6.12. The molecule has 9 nitrogen and oxygen atoms in total. The molecule has 1 aromatic carbocycles. The smallest absolute Gasteiger partial charge is 0.315 e. The molecule has 0 aromatic heterocycles.